The van der Waals surface area contributed by atoms with E-state index in [4.69, 9.17) is 9.47 Å². The van der Waals surface area contributed by atoms with Gasteiger partial charge in [0.25, 0.3) is 0 Å². The molecule has 0 bridgehead atoms. The van der Waals surface area contributed by atoms with Crippen LogP contribution in [0.1, 0.15) is 59.3 Å². The fourth-order valence-electron chi connectivity index (χ4n) is 6.56. The van der Waals surface area contributed by atoms with Gasteiger partial charge in [0.1, 0.15) is 6.10 Å². The van der Waals surface area contributed by atoms with Gasteiger partial charge in [-0.15, -0.1) is 0 Å². The van der Waals surface area contributed by atoms with E-state index in [0.717, 1.165) is 31.3 Å². The first-order valence-corrected chi connectivity index (χ1v) is 10.2. The van der Waals surface area contributed by atoms with Crippen molar-refractivity contribution in [1.82, 2.24) is 0 Å². The van der Waals surface area contributed by atoms with Crippen LogP contribution in [0, 0.1) is 28.6 Å². The quantitative estimate of drug-likeness (QED) is 0.582. The first-order chi connectivity index (χ1) is 12.3. The van der Waals surface area contributed by atoms with E-state index in [-0.39, 0.29) is 28.8 Å². The number of carbonyl (C=O) groups is 1. The first-order valence-electron chi connectivity index (χ1n) is 10.2. The fraction of sp³-hybridized carbons (Fsp3) is 0.857. The average molecular weight is 364 g/mol. The molecule has 1 heterocycles. The molecule has 5 heteroatoms. The van der Waals surface area contributed by atoms with Crippen LogP contribution in [0.2, 0.25) is 0 Å². The second-order valence-corrected chi connectivity index (χ2v) is 9.31. The number of aliphatic hydroxyl groups is 2. The molecule has 0 aromatic carbocycles. The van der Waals surface area contributed by atoms with E-state index >= 15 is 0 Å². The Morgan fingerprint density at radius 2 is 2.04 bits per heavy atom. The Morgan fingerprint density at radius 1 is 1.27 bits per heavy atom. The maximum absolute atomic E-state index is 11.9. The normalized spacial score (nSPS) is 50.3. The summed E-state index contributed by atoms with van der Waals surface area (Å²) in [4.78, 5) is 11.9. The highest BCUT2D eigenvalue weighted by Crippen LogP contribution is 2.64. The summed E-state index contributed by atoms with van der Waals surface area (Å²) in [5.74, 6) is 0.759. The molecule has 26 heavy (non-hydrogen) atoms. The van der Waals surface area contributed by atoms with Crippen molar-refractivity contribution in [3.63, 3.8) is 0 Å². The average Bonchev–Trinajstić information content (AvgIpc) is 2.93. The summed E-state index contributed by atoms with van der Waals surface area (Å²) in [6.07, 6.45) is 5.53. The molecular weight excluding hydrogens is 332 g/mol. The molecule has 1 aliphatic heterocycles. The van der Waals surface area contributed by atoms with Crippen molar-refractivity contribution in [3.05, 3.63) is 11.6 Å². The Morgan fingerprint density at radius 3 is 2.77 bits per heavy atom. The van der Waals surface area contributed by atoms with Crippen LogP contribution in [-0.2, 0) is 14.3 Å². The third-order valence-corrected chi connectivity index (χ3v) is 8.10. The lowest BCUT2D eigenvalue weighted by atomic mass is 9.49. The number of esters is 1. The van der Waals surface area contributed by atoms with E-state index in [2.05, 4.69) is 13.8 Å². The van der Waals surface area contributed by atoms with Gasteiger partial charge in [-0.1, -0.05) is 32.4 Å². The van der Waals surface area contributed by atoms with Crippen molar-refractivity contribution in [2.24, 2.45) is 28.6 Å². The molecule has 146 valence electrons. The van der Waals surface area contributed by atoms with Gasteiger partial charge in [-0.05, 0) is 43.4 Å². The van der Waals surface area contributed by atoms with Gasteiger partial charge >= 0.3 is 5.97 Å². The number of hydrogen-bond donors (Lipinski definition) is 2. The van der Waals surface area contributed by atoms with E-state index in [9.17, 15) is 15.0 Å². The highest BCUT2D eigenvalue weighted by Gasteiger charge is 2.61. The summed E-state index contributed by atoms with van der Waals surface area (Å²) >= 11 is 0. The van der Waals surface area contributed by atoms with Crippen LogP contribution < -0.4 is 0 Å². The summed E-state index contributed by atoms with van der Waals surface area (Å²) in [6, 6.07) is 0. The highest BCUT2D eigenvalue weighted by molar-refractivity contribution is 5.69. The van der Waals surface area contributed by atoms with Gasteiger partial charge in [-0.3, -0.25) is 4.79 Å². The van der Waals surface area contributed by atoms with Gasteiger partial charge in [0.2, 0.25) is 0 Å². The van der Waals surface area contributed by atoms with E-state index in [1.807, 2.05) is 13.0 Å². The van der Waals surface area contributed by atoms with Gasteiger partial charge in [-0.25, -0.2) is 0 Å². The molecule has 0 amide bonds. The van der Waals surface area contributed by atoms with Crippen LogP contribution in [-0.4, -0.2) is 41.3 Å². The molecule has 0 aromatic heterocycles. The summed E-state index contributed by atoms with van der Waals surface area (Å²) in [7, 11) is 0. The summed E-state index contributed by atoms with van der Waals surface area (Å²) in [6.45, 7) is 6.85. The predicted octanol–water partition coefficient (Wildman–Crippen LogP) is 2.80. The molecule has 2 saturated carbocycles. The van der Waals surface area contributed by atoms with Gasteiger partial charge in [-0.2, -0.15) is 0 Å². The molecule has 4 rings (SSSR count). The zero-order valence-corrected chi connectivity index (χ0v) is 16.1. The summed E-state index contributed by atoms with van der Waals surface area (Å²) in [5.41, 5.74) is 0.993. The number of carbonyl (C=O) groups excluding carboxylic acids is 1. The highest BCUT2D eigenvalue weighted by atomic mass is 16.6. The van der Waals surface area contributed by atoms with Gasteiger partial charge < -0.3 is 19.7 Å². The lowest BCUT2D eigenvalue weighted by Gasteiger charge is -2.58. The smallest absolute Gasteiger partial charge is 0.305 e. The molecule has 5 nitrogen and oxygen atoms in total. The molecule has 3 fully saturated rings. The van der Waals surface area contributed by atoms with Crippen molar-refractivity contribution in [3.8, 4) is 0 Å². The Balaban J connectivity index is 1.64. The molecule has 0 aromatic rings. The van der Waals surface area contributed by atoms with Crippen LogP contribution in [0.3, 0.4) is 0 Å². The van der Waals surface area contributed by atoms with E-state index < -0.39 is 12.4 Å². The lowest BCUT2D eigenvalue weighted by Crippen LogP contribution is -2.57. The zero-order chi connectivity index (χ0) is 18.7. The Kier molecular flexibility index (Phi) is 4.48. The number of hydrogen-bond acceptors (Lipinski definition) is 5. The molecule has 8 atom stereocenters. The van der Waals surface area contributed by atoms with Crippen LogP contribution >= 0.6 is 0 Å². The minimum absolute atomic E-state index is 0.0317. The third-order valence-electron chi connectivity index (χ3n) is 8.10. The number of ether oxygens (including phenoxy) is 2. The SMILES string of the molecule is CCC(=O)O[C@H]1CC[C@H]2[C@@H]3[C@@H](O)C=C4C[C@@H](O)OC[C@]4(C)[C@H]3CC[C@]12C. The second-order valence-electron chi connectivity index (χ2n) is 9.31. The van der Waals surface area contributed by atoms with Crippen LogP contribution in [0.25, 0.3) is 0 Å². The van der Waals surface area contributed by atoms with Crippen molar-refractivity contribution in [1.29, 1.82) is 0 Å². The predicted molar refractivity (Wildman–Crippen MR) is 96.0 cm³/mol. The topological polar surface area (TPSA) is 76.0 Å². The minimum atomic E-state index is -0.753. The molecular formula is C21H32O5. The van der Waals surface area contributed by atoms with Crippen LogP contribution in [0.15, 0.2) is 11.6 Å². The molecule has 0 radical (unpaired) electrons. The van der Waals surface area contributed by atoms with E-state index in [0.29, 0.717) is 31.3 Å². The van der Waals surface area contributed by atoms with Crippen molar-refractivity contribution in [2.45, 2.75) is 77.8 Å². The number of rotatable bonds is 2. The summed E-state index contributed by atoms with van der Waals surface area (Å²) < 4.78 is 11.4. The molecule has 4 aliphatic rings. The van der Waals surface area contributed by atoms with E-state index in [1.54, 1.807) is 0 Å². The van der Waals surface area contributed by atoms with Crippen molar-refractivity contribution < 1.29 is 24.5 Å². The zero-order valence-electron chi connectivity index (χ0n) is 16.1. The van der Waals surface area contributed by atoms with E-state index in [1.165, 1.54) is 0 Å². The van der Waals surface area contributed by atoms with Crippen LogP contribution in [0.4, 0.5) is 0 Å². The largest absolute Gasteiger partial charge is 0.462 e. The van der Waals surface area contributed by atoms with Gasteiger partial charge in [0, 0.05) is 23.7 Å². The molecule has 2 N–H and O–H groups in total. The van der Waals surface area contributed by atoms with Crippen molar-refractivity contribution in [2.75, 3.05) is 6.61 Å². The van der Waals surface area contributed by atoms with Gasteiger partial charge in [0.15, 0.2) is 6.29 Å². The number of fused-ring (bicyclic) bond motifs is 5. The number of aliphatic hydroxyl groups excluding tert-OH is 2. The molecule has 0 spiro atoms. The molecule has 1 saturated heterocycles. The summed E-state index contributed by atoms with van der Waals surface area (Å²) in [5, 5.41) is 20.9. The standard InChI is InChI=1S/C21H32O5/c1-4-17(23)26-16-6-5-13-19-14(7-8-20(13,16)2)21(3)11-25-18(24)10-12(21)9-15(19)22/h9,13-16,18-19,22,24H,4-8,10-11H2,1-3H3/t13-,14-,15-,16-,18-,19-,20-,21-/m0/s1. The third kappa shape index (κ3) is 2.58. The monoisotopic (exact) mass is 364 g/mol. The Hall–Kier alpha value is -0.910. The Bertz CT molecular complexity index is 616. The Labute approximate surface area is 155 Å². The molecule has 0 unspecified atom stereocenters. The fourth-order valence-corrected chi connectivity index (χ4v) is 6.56. The maximum Gasteiger partial charge on any atom is 0.305 e. The van der Waals surface area contributed by atoms with Gasteiger partial charge in [0.05, 0.1) is 12.7 Å². The molecule has 3 aliphatic carbocycles. The minimum Gasteiger partial charge on any atom is -0.462 e. The second kappa shape index (κ2) is 6.32. The first kappa shape index (κ1) is 18.5. The maximum atomic E-state index is 11.9. The van der Waals surface area contributed by atoms with Crippen LogP contribution in [0.5, 0.6) is 0 Å². The van der Waals surface area contributed by atoms with Crippen molar-refractivity contribution >= 4 is 5.97 Å². The lowest BCUT2D eigenvalue weighted by molar-refractivity contribution is -0.182.